The number of rotatable bonds is 5. The highest BCUT2D eigenvalue weighted by molar-refractivity contribution is 6.08. The fourth-order valence-electron chi connectivity index (χ4n) is 3.35. The molecule has 1 aliphatic heterocycles. The summed E-state index contributed by atoms with van der Waals surface area (Å²) in [6.45, 7) is 0.602. The Morgan fingerprint density at radius 3 is 2.36 bits per heavy atom. The summed E-state index contributed by atoms with van der Waals surface area (Å²) in [7, 11) is 0. The lowest BCUT2D eigenvalue weighted by molar-refractivity contribution is -0.159. The lowest BCUT2D eigenvalue weighted by Gasteiger charge is -2.21. The maximum atomic E-state index is 13.5. The standard InChI is InChI=1S/C19H18F2N2O5/c1-10(23-17(25)12-4-2-3-5-13(12)18(23)26)19(27)28-9-16(24)22-15-7-6-11(20)8-14(15)21/h2-3,6-8,10,12-13H,4-5,9H2,1H3,(H,22,24)/t10-,12-,13+/m0/s1. The van der Waals surface area contributed by atoms with E-state index in [1.54, 1.807) is 0 Å². The SMILES string of the molecule is C[C@@H](C(=O)OCC(=O)Nc1ccc(F)cc1F)N1C(=O)[C@H]2CC=CC[C@H]2C1=O. The number of nitrogens with one attached hydrogen (secondary N) is 1. The molecule has 1 aromatic carbocycles. The van der Waals surface area contributed by atoms with Crippen molar-refractivity contribution in [1.29, 1.82) is 0 Å². The van der Waals surface area contributed by atoms with E-state index in [1.165, 1.54) is 6.92 Å². The molecule has 1 aliphatic carbocycles. The molecule has 0 radical (unpaired) electrons. The molecule has 148 valence electrons. The van der Waals surface area contributed by atoms with Gasteiger partial charge in [0.05, 0.1) is 17.5 Å². The number of fused-ring (bicyclic) bond motifs is 1. The second-order valence-electron chi connectivity index (χ2n) is 6.66. The van der Waals surface area contributed by atoms with Crippen LogP contribution in [0.5, 0.6) is 0 Å². The fourth-order valence-corrected chi connectivity index (χ4v) is 3.35. The molecule has 1 heterocycles. The summed E-state index contributed by atoms with van der Waals surface area (Å²) >= 11 is 0. The molecule has 28 heavy (non-hydrogen) atoms. The molecule has 3 rings (SSSR count). The third-order valence-corrected chi connectivity index (χ3v) is 4.82. The molecule has 1 N–H and O–H groups in total. The molecule has 0 unspecified atom stereocenters. The minimum absolute atomic E-state index is 0.267. The predicted molar refractivity (Wildman–Crippen MR) is 92.6 cm³/mol. The number of nitrogens with zero attached hydrogens (tertiary/aromatic N) is 1. The van der Waals surface area contributed by atoms with E-state index in [0.717, 1.165) is 17.0 Å². The first-order valence-electron chi connectivity index (χ1n) is 8.73. The highest BCUT2D eigenvalue weighted by Crippen LogP contribution is 2.36. The van der Waals surface area contributed by atoms with E-state index in [9.17, 15) is 28.0 Å². The van der Waals surface area contributed by atoms with E-state index >= 15 is 0 Å². The van der Waals surface area contributed by atoms with Crippen LogP contribution in [0.3, 0.4) is 0 Å². The Bertz CT molecular complexity index is 844. The monoisotopic (exact) mass is 392 g/mol. The Hall–Kier alpha value is -3.10. The number of allylic oxidation sites excluding steroid dienone is 2. The Morgan fingerprint density at radius 1 is 1.18 bits per heavy atom. The molecule has 1 aromatic rings. The van der Waals surface area contributed by atoms with Crippen LogP contribution in [0.4, 0.5) is 14.5 Å². The van der Waals surface area contributed by atoms with Crippen molar-refractivity contribution in [2.75, 3.05) is 11.9 Å². The van der Waals surface area contributed by atoms with Gasteiger partial charge in [0.25, 0.3) is 5.91 Å². The topological polar surface area (TPSA) is 92.8 Å². The van der Waals surface area contributed by atoms with Gasteiger partial charge in [-0.3, -0.25) is 19.3 Å². The van der Waals surface area contributed by atoms with Gasteiger partial charge in [0.2, 0.25) is 11.8 Å². The highest BCUT2D eigenvalue weighted by atomic mass is 19.1. The van der Waals surface area contributed by atoms with E-state index in [-0.39, 0.29) is 5.69 Å². The van der Waals surface area contributed by atoms with Crippen LogP contribution in [0.25, 0.3) is 0 Å². The number of amides is 3. The van der Waals surface area contributed by atoms with Crippen molar-refractivity contribution >= 4 is 29.4 Å². The van der Waals surface area contributed by atoms with Crippen molar-refractivity contribution in [2.45, 2.75) is 25.8 Å². The number of halogens is 2. The zero-order valence-electron chi connectivity index (χ0n) is 15.0. The average molecular weight is 392 g/mol. The van der Waals surface area contributed by atoms with Gasteiger partial charge in [0.15, 0.2) is 6.61 Å². The number of ether oxygens (including phenoxy) is 1. The summed E-state index contributed by atoms with van der Waals surface area (Å²) < 4.78 is 31.2. The van der Waals surface area contributed by atoms with Crippen LogP contribution in [0.1, 0.15) is 19.8 Å². The first-order chi connectivity index (χ1) is 13.3. The number of imide groups is 1. The zero-order chi connectivity index (χ0) is 20.4. The van der Waals surface area contributed by atoms with Gasteiger partial charge < -0.3 is 10.1 Å². The maximum absolute atomic E-state index is 13.5. The summed E-state index contributed by atoms with van der Waals surface area (Å²) in [5.41, 5.74) is -0.267. The van der Waals surface area contributed by atoms with Gasteiger partial charge >= 0.3 is 5.97 Å². The molecule has 0 bridgehead atoms. The molecule has 3 amide bonds. The molecule has 1 saturated heterocycles. The fraction of sp³-hybridized carbons (Fsp3) is 0.368. The second-order valence-corrected chi connectivity index (χ2v) is 6.66. The summed E-state index contributed by atoms with van der Waals surface area (Å²) in [6.07, 6.45) is 4.55. The van der Waals surface area contributed by atoms with Gasteiger partial charge in [0.1, 0.15) is 17.7 Å². The predicted octanol–water partition coefficient (Wildman–Crippen LogP) is 1.79. The number of esters is 1. The van der Waals surface area contributed by atoms with E-state index in [1.807, 2.05) is 12.2 Å². The Balaban J connectivity index is 1.56. The van der Waals surface area contributed by atoms with E-state index in [2.05, 4.69) is 5.32 Å². The van der Waals surface area contributed by atoms with Crippen LogP contribution in [0.15, 0.2) is 30.4 Å². The number of hydrogen-bond donors (Lipinski definition) is 1. The van der Waals surface area contributed by atoms with Crippen LogP contribution < -0.4 is 5.32 Å². The van der Waals surface area contributed by atoms with Crippen molar-refractivity contribution in [3.63, 3.8) is 0 Å². The number of benzene rings is 1. The molecular formula is C19H18F2N2O5. The Labute approximate surface area is 159 Å². The normalized spacial score (nSPS) is 22.0. The largest absolute Gasteiger partial charge is 0.454 e. The van der Waals surface area contributed by atoms with Crippen molar-refractivity contribution in [3.05, 3.63) is 42.0 Å². The zero-order valence-corrected chi connectivity index (χ0v) is 15.0. The minimum atomic E-state index is -1.18. The van der Waals surface area contributed by atoms with Gasteiger partial charge in [0, 0.05) is 6.07 Å². The summed E-state index contributed by atoms with van der Waals surface area (Å²) in [6, 6.07) is 1.42. The summed E-state index contributed by atoms with van der Waals surface area (Å²) in [5, 5.41) is 2.15. The van der Waals surface area contributed by atoms with Crippen LogP contribution in [-0.2, 0) is 23.9 Å². The quantitative estimate of drug-likeness (QED) is 0.469. The van der Waals surface area contributed by atoms with Gasteiger partial charge in [-0.15, -0.1) is 0 Å². The lowest BCUT2D eigenvalue weighted by Crippen LogP contribution is -2.45. The van der Waals surface area contributed by atoms with Crippen LogP contribution in [-0.4, -0.2) is 41.2 Å². The first-order valence-corrected chi connectivity index (χ1v) is 8.73. The van der Waals surface area contributed by atoms with Crippen molar-refractivity contribution in [3.8, 4) is 0 Å². The lowest BCUT2D eigenvalue weighted by atomic mass is 9.85. The summed E-state index contributed by atoms with van der Waals surface area (Å²) in [5.74, 6) is -5.35. The molecule has 1 fully saturated rings. The Morgan fingerprint density at radius 2 is 1.79 bits per heavy atom. The molecule has 2 aliphatic rings. The third-order valence-electron chi connectivity index (χ3n) is 4.82. The van der Waals surface area contributed by atoms with Gasteiger partial charge in [-0.05, 0) is 31.9 Å². The third kappa shape index (κ3) is 3.78. The molecule has 7 nitrogen and oxygen atoms in total. The van der Waals surface area contributed by atoms with Gasteiger partial charge in [-0.2, -0.15) is 0 Å². The number of anilines is 1. The number of hydrogen-bond acceptors (Lipinski definition) is 5. The molecule has 9 heteroatoms. The van der Waals surface area contributed by atoms with E-state index in [0.29, 0.717) is 18.9 Å². The average Bonchev–Trinajstić information content (AvgIpc) is 2.92. The number of carbonyl (C=O) groups excluding carboxylic acids is 4. The number of likely N-dealkylation sites (tertiary alicyclic amines) is 1. The molecule has 3 atom stereocenters. The minimum Gasteiger partial charge on any atom is -0.454 e. The van der Waals surface area contributed by atoms with E-state index in [4.69, 9.17) is 4.74 Å². The van der Waals surface area contributed by atoms with Gasteiger partial charge in [-0.1, -0.05) is 12.2 Å². The van der Waals surface area contributed by atoms with Crippen LogP contribution in [0.2, 0.25) is 0 Å². The highest BCUT2D eigenvalue weighted by Gasteiger charge is 2.50. The first kappa shape index (κ1) is 19.7. The van der Waals surface area contributed by atoms with Gasteiger partial charge in [-0.25, -0.2) is 13.6 Å². The molecule has 0 aromatic heterocycles. The van der Waals surface area contributed by atoms with Crippen LogP contribution >= 0.6 is 0 Å². The Kier molecular flexibility index (Phi) is 5.53. The smallest absolute Gasteiger partial charge is 0.329 e. The van der Waals surface area contributed by atoms with E-state index < -0.39 is 59.8 Å². The molecule has 0 saturated carbocycles. The second kappa shape index (κ2) is 7.87. The maximum Gasteiger partial charge on any atom is 0.329 e. The summed E-state index contributed by atoms with van der Waals surface area (Å²) in [4.78, 5) is 49.8. The van der Waals surface area contributed by atoms with Crippen molar-refractivity contribution in [1.82, 2.24) is 4.90 Å². The van der Waals surface area contributed by atoms with Crippen LogP contribution in [0, 0.1) is 23.5 Å². The number of carbonyl (C=O) groups is 4. The molecular weight excluding hydrogens is 374 g/mol. The molecule has 0 spiro atoms. The van der Waals surface area contributed by atoms with Crippen molar-refractivity contribution in [2.24, 2.45) is 11.8 Å². The van der Waals surface area contributed by atoms with Crippen molar-refractivity contribution < 1.29 is 32.7 Å².